The van der Waals surface area contributed by atoms with Gasteiger partial charge in [0.05, 0.1) is 12.1 Å². The van der Waals surface area contributed by atoms with Gasteiger partial charge in [0.1, 0.15) is 5.82 Å². The number of nitrogens with two attached hydrogens (primary N) is 1. The van der Waals surface area contributed by atoms with Crippen LogP contribution in [-0.2, 0) is 0 Å². The van der Waals surface area contributed by atoms with Crippen LogP contribution >= 0.6 is 0 Å². The van der Waals surface area contributed by atoms with E-state index in [1.54, 1.807) is 26.2 Å². The predicted molar refractivity (Wildman–Crippen MR) is 69.5 cm³/mol. The van der Waals surface area contributed by atoms with Crippen molar-refractivity contribution in [1.82, 2.24) is 9.88 Å². The van der Waals surface area contributed by atoms with Crippen LogP contribution in [0.25, 0.3) is 0 Å². The number of carbonyl (C=O) groups excluding carboxylic acids is 1. The van der Waals surface area contributed by atoms with Crippen molar-refractivity contribution in [1.29, 1.82) is 0 Å². The summed E-state index contributed by atoms with van der Waals surface area (Å²) in [6, 6.07) is 3.12. The van der Waals surface area contributed by atoms with E-state index in [1.165, 1.54) is 16.0 Å². The molecule has 1 rings (SSSR count). The SMILES string of the molecule is CN(C)C(=O)c1ccc(N(CCN)CC(F)F)nc1. The van der Waals surface area contributed by atoms with Crippen LogP contribution in [0, 0.1) is 0 Å². The van der Waals surface area contributed by atoms with Gasteiger partial charge in [0, 0.05) is 33.4 Å². The summed E-state index contributed by atoms with van der Waals surface area (Å²) in [6.07, 6.45) is -1.08. The molecule has 5 nitrogen and oxygen atoms in total. The third kappa shape index (κ3) is 4.44. The van der Waals surface area contributed by atoms with Crippen LogP contribution in [0.1, 0.15) is 10.4 Å². The van der Waals surface area contributed by atoms with Gasteiger partial charge in [-0.1, -0.05) is 0 Å². The molecule has 106 valence electrons. The Labute approximate surface area is 111 Å². The molecule has 7 heteroatoms. The van der Waals surface area contributed by atoms with E-state index in [0.717, 1.165) is 0 Å². The van der Waals surface area contributed by atoms with Gasteiger partial charge in [-0.25, -0.2) is 13.8 Å². The van der Waals surface area contributed by atoms with Gasteiger partial charge in [0.2, 0.25) is 0 Å². The standard InChI is InChI=1S/C12H18F2N4O/c1-17(2)12(19)9-3-4-11(16-7-9)18(6-5-15)8-10(13)14/h3-4,7,10H,5-6,8,15H2,1-2H3. The topological polar surface area (TPSA) is 62.5 Å². The summed E-state index contributed by atoms with van der Waals surface area (Å²) >= 11 is 0. The highest BCUT2D eigenvalue weighted by Crippen LogP contribution is 2.13. The zero-order valence-corrected chi connectivity index (χ0v) is 11.0. The Morgan fingerprint density at radius 3 is 2.53 bits per heavy atom. The molecular formula is C12H18F2N4O. The van der Waals surface area contributed by atoms with Gasteiger partial charge in [-0.05, 0) is 12.1 Å². The molecule has 2 N–H and O–H groups in total. The second kappa shape index (κ2) is 6.98. The number of anilines is 1. The minimum atomic E-state index is -2.46. The molecule has 1 aromatic rings. The molecule has 0 aliphatic rings. The average molecular weight is 272 g/mol. The van der Waals surface area contributed by atoms with Gasteiger partial charge in [0.15, 0.2) is 0 Å². The maximum absolute atomic E-state index is 12.4. The lowest BCUT2D eigenvalue weighted by Gasteiger charge is -2.22. The average Bonchev–Trinajstić information content (AvgIpc) is 2.37. The first kappa shape index (κ1) is 15.3. The molecule has 0 bridgehead atoms. The van der Waals surface area contributed by atoms with Crippen molar-refractivity contribution in [2.75, 3.05) is 38.6 Å². The zero-order chi connectivity index (χ0) is 14.4. The second-order valence-electron chi connectivity index (χ2n) is 4.23. The molecule has 0 saturated heterocycles. The van der Waals surface area contributed by atoms with Crippen molar-refractivity contribution in [3.05, 3.63) is 23.9 Å². The van der Waals surface area contributed by atoms with E-state index in [-0.39, 0.29) is 19.0 Å². The summed E-state index contributed by atoms with van der Waals surface area (Å²) in [5, 5.41) is 0. The smallest absolute Gasteiger partial charge is 0.255 e. The van der Waals surface area contributed by atoms with E-state index in [9.17, 15) is 13.6 Å². The predicted octanol–water partition coefficient (Wildman–Crippen LogP) is 0.814. The van der Waals surface area contributed by atoms with Crippen LogP contribution < -0.4 is 10.6 Å². The Balaban J connectivity index is 2.85. The lowest BCUT2D eigenvalue weighted by molar-refractivity contribution is 0.0827. The van der Waals surface area contributed by atoms with Crippen LogP contribution in [0.15, 0.2) is 18.3 Å². The zero-order valence-electron chi connectivity index (χ0n) is 11.0. The molecular weight excluding hydrogens is 254 g/mol. The van der Waals surface area contributed by atoms with E-state index >= 15 is 0 Å². The number of hydrogen-bond donors (Lipinski definition) is 1. The summed E-state index contributed by atoms with van der Waals surface area (Å²) in [5.41, 5.74) is 5.80. The number of nitrogens with zero attached hydrogens (tertiary/aromatic N) is 3. The fourth-order valence-corrected chi connectivity index (χ4v) is 1.58. The summed E-state index contributed by atoms with van der Waals surface area (Å²) in [6.45, 7) is 0.121. The monoisotopic (exact) mass is 272 g/mol. The van der Waals surface area contributed by atoms with E-state index in [0.29, 0.717) is 11.4 Å². The Morgan fingerprint density at radius 1 is 1.42 bits per heavy atom. The van der Waals surface area contributed by atoms with Crippen LogP contribution in [0.4, 0.5) is 14.6 Å². The van der Waals surface area contributed by atoms with Crippen molar-refractivity contribution in [2.24, 2.45) is 5.73 Å². The fourth-order valence-electron chi connectivity index (χ4n) is 1.58. The summed E-state index contributed by atoms with van der Waals surface area (Å²) < 4.78 is 24.9. The van der Waals surface area contributed by atoms with E-state index < -0.39 is 13.0 Å². The summed E-state index contributed by atoms with van der Waals surface area (Å²) in [4.78, 5) is 18.5. The largest absolute Gasteiger partial charge is 0.350 e. The highest BCUT2D eigenvalue weighted by molar-refractivity contribution is 5.93. The van der Waals surface area contributed by atoms with Crippen molar-refractivity contribution >= 4 is 11.7 Å². The molecule has 1 aromatic heterocycles. The Bertz CT molecular complexity index is 409. The molecule has 19 heavy (non-hydrogen) atoms. The first-order chi connectivity index (χ1) is 8.95. The van der Waals surface area contributed by atoms with Gasteiger partial charge >= 0.3 is 0 Å². The Morgan fingerprint density at radius 2 is 2.11 bits per heavy atom. The van der Waals surface area contributed by atoms with Gasteiger partial charge in [-0.2, -0.15) is 0 Å². The molecule has 1 heterocycles. The minimum absolute atomic E-state index is 0.182. The number of rotatable bonds is 6. The molecule has 0 aromatic carbocycles. The molecule has 0 aliphatic heterocycles. The van der Waals surface area contributed by atoms with Crippen molar-refractivity contribution in [2.45, 2.75) is 6.43 Å². The number of pyridine rings is 1. The normalized spacial score (nSPS) is 10.6. The quantitative estimate of drug-likeness (QED) is 0.832. The number of carbonyl (C=O) groups is 1. The lowest BCUT2D eigenvalue weighted by Crippen LogP contribution is -2.34. The summed E-state index contributed by atoms with van der Waals surface area (Å²) in [7, 11) is 3.27. The third-order valence-electron chi connectivity index (χ3n) is 2.48. The van der Waals surface area contributed by atoms with E-state index in [4.69, 9.17) is 5.73 Å². The van der Waals surface area contributed by atoms with Crippen molar-refractivity contribution in [3.8, 4) is 0 Å². The molecule has 0 spiro atoms. The van der Waals surface area contributed by atoms with Gasteiger partial charge in [0.25, 0.3) is 12.3 Å². The molecule has 0 aliphatic carbocycles. The first-order valence-electron chi connectivity index (χ1n) is 5.86. The number of alkyl halides is 2. The Hall–Kier alpha value is -1.76. The molecule has 0 radical (unpaired) electrons. The highest BCUT2D eigenvalue weighted by atomic mass is 19.3. The fraction of sp³-hybridized carbons (Fsp3) is 0.500. The summed E-state index contributed by atoms with van der Waals surface area (Å²) in [5.74, 6) is 0.208. The van der Waals surface area contributed by atoms with Crippen LogP contribution in [0.2, 0.25) is 0 Å². The maximum Gasteiger partial charge on any atom is 0.255 e. The Kier molecular flexibility index (Phi) is 5.62. The number of aromatic nitrogens is 1. The van der Waals surface area contributed by atoms with E-state index in [2.05, 4.69) is 4.98 Å². The van der Waals surface area contributed by atoms with Gasteiger partial charge < -0.3 is 15.5 Å². The first-order valence-corrected chi connectivity index (χ1v) is 5.86. The number of hydrogen-bond acceptors (Lipinski definition) is 4. The minimum Gasteiger partial charge on any atom is -0.350 e. The molecule has 0 fully saturated rings. The van der Waals surface area contributed by atoms with E-state index in [1.807, 2.05) is 0 Å². The molecule has 0 saturated carbocycles. The molecule has 0 atom stereocenters. The lowest BCUT2D eigenvalue weighted by atomic mass is 10.2. The number of halogens is 2. The van der Waals surface area contributed by atoms with Crippen molar-refractivity contribution < 1.29 is 13.6 Å². The molecule has 0 unspecified atom stereocenters. The third-order valence-corrected chi connectivity index (χ3v) is 2.48. The number of amides is 1. The maximum atomic E-state index is 12.4. The highest BCUT2D eigenvalue weighted by Gasteiger charge is 2.14. The van der Waals surface area contributed by atoms with Crippen LogP contribution in [0.3, 0.4) is 0 Å². The van der Waals surface area contributed by atoms with Gasteiger partial charge in [-0.15, -0.1) is 0 Å². The van der Waals surface area contributed by atoms with Crippen molar-refractivity contribution in [3.63, 3.8) is 0 Å². The van der Waals surface area contributed by atoms with Crippen LogP contribution in [-0.4, -0.2) is 55.9 Å². The van der Waals surface area contributed by atoms with Crippen LogP contribution in [0.5, 0.6) is 0 Å². The second-order valence-corrected chi connectivity index (χ2v) is 4.23. The van der Waals surface area contributed by atoms with Gasteiger partial charge in [-0.3, -0.25) is 4.79 Å². The molecule has 1 amide bonds.